The van der Waals surface area contributed by atoms with Crippen LogP contribution in [0.25, 0.3) is 0 Å². The van der Waals surface area contributed by atoms with Gasteiger partial charge in [0.05, 0.1) is 5.25 Å². The molecule has 5 heteroatoms. The van der Waals surface area contributed by atoms with Gasteiger partial charge in [-0.15, -0.1) is 11.8 Å². The third-order valence-electron chi connectivity index (χ3n) is 4.37. The molecule has 0 spiro atoms. The van der Waals surface area contributed by atoms with Crippen LogP contribution in [0.1, 0.15) is 41.4 Å². The first kappa shape index (κ1) is 14.7. The quantitative estimate of drug-likeness (QED) is 0.910. The number of hydrogen-bond acceptors (Lipinski definition) is 5. The third-order valence-corrected chi connectivity index (χ3v) is 7.46. The van der Waals surface area contributed by atoms with E-state index in [1.807, 2.05) is 11.8 Å². The van der Waals surface area contributed by atoms with Crippen molar-refractivity contribution in [1.29, 1.82) is 0 Å². The molecule has 3 nitrogen and oxygen atoms in total. The second-order valence-electron chi connectivity index (χ2n) is 5.80. The van der Waals surface area contributed by atoms with E-state index < -0.39 is 0 Å². The average molecular weight is 310 g/mol. The number of rotatable bonds is 2. The summed E-state index contributed by atoms with van der Waals surface area (Å²) in [5, 5.41) is 1.08. The zero-order chi connectivity index (χ0) is 14.1. The zero-order valence-electron chi connectivity index (χ0n) is 12.3. The van der Waals surface area contributed by atoms with Gasteiger partial charge in [0, 0.05) is 28.1 Å². The molecular formula is C15H23N3S2. The van der Waals surface area contributed by atoms with Gasteiger partial charge in [0.2, 0.25) is 0 Å². The van der Waals surface area contributed by atoms with Gasteiger partial charge in [0.15, 0.2) is 0 Å². The van der Waals surface area contributed by atoms with Gasteiger partial charge in [-0.1, -0.05) is 6.92 Å². The highest BCUT2D eigenvalue weighted by Crippen LogP contribution is 2.41. The summed E-state index contributed by atoms with van der Waals surface area (Å²) in [4.78, 5) is 9.77. The largest absolute Gasteiger partial charge is 0.330 e. The highest BCUT2D eigenvalue weighted by molar-refractivity contribution is 8.06. The molecule has 1 aromatic rings. The number of aryl methyl sites for hydroxylation is 2. The van der Waals surface area contributed by atoms with E-state index in [1.54, 1.807) is 0 Å². The van der Waals surface area contributed by atoms with Crippen molar-refractivity contribution < 1.29 is 0 Å². The fourth-order valence-electron chi connectivity index (χ4n) is 3.13. The van der Waals surface area contributed by atoms with Gasteiger partial charge in [-0.05, 0) is 44.2 Å². The molecule has 1 aliphatic heterocycles. The van der Waals surface area contributed by atoms with Crippen molar-refractivity contribution in [2.45, 2.75) is 43.6 Å². The highest BCUT2D eigenvalue weighted by Gasteiger charge is 2.29. The maximum atomic E-state index is 5.83. The predicted octanol–water partition coefficient (Wildman–Crippen LogP) is 2.76. The predicted molar refractivity (Wildman–Crippen MR) is 88.5 cm³/mol. The topological polar surface area (TPSA) is 51.8 Å². The van der Waals surface area contributed by atoms with E-state index in [-0.39, 0.29) is 0 Å². The fourth-order valence-corrected chi connectivity index (χ4v) is 5.82. The van der Waals surface area contributed by atoms with Gasteiger partial charge in [0.1, 0.15) is 5.82 Å². The summed E-state index contributed by atoms with van der Waals surface area (Å²) in [6, 6.07) is 0. The summed E-state index contributed by atoms with van der Waals surface area (Å²) in [7, 11) is 0. The van der Waals surface area contributed by atoms with E-state index >= 15 is 0 Å². The molecule has 0 aromatic carbocycles. The molecule has 3 rings (SSSR count). The Morgan fingerprint density at radius 2 is 2.05 bits per heavy atom. The maximum absolute atomic E-state index is 5.83. The van der Waals surface area contributed by atoms with E-state index in [9.17, 15) is 0 Å². The Morgan fingerprint density at radius 1 is 1.25 bits per heavy atom. The van der Waals surface area contributed by atoms with Crippen molar-refractivity contribution in [3.8, 4) is 0 Å². The molecule has 0 radical (unpaired) electrons. The SMILES string of the molecule is Cc1nc(C2SCCSC2C)nc2c1CC(CN)CC2. The van der Waals surface area contributed by atoms with E-state index in [0.29, 0.717) is 16.4 Å². The Kier molecular flexibility index (Phi) is 4.58. The lowest BCUT2D eigenvalue weighted by Gasteiger charge is -2.29. The lowest BCUT2D eigenvalue weighted by molar-refractivity contribution is 0.458. The third kappa shape index (κ3) is 2.85. The standard InChI is InChI=1S/C15H23N3S2/c1-9-12-7-11(8-16)3-4-13(12)18-15(17-9)14-10(2)19-5-6-20-14/h10-11,14H,3-8,16H2,1-2H3. The number of nitrogens with zero attached hydrogens (tertiary/aromatic N) is 2. The maximum Gasteiger partial charge on any atom is 0.142 e. The Morgan fingerprint density at radius 3 is 2.80 bits per heavy atom. The molecule has 1 aliphatic carbocycles. The van der Waals surface area contributed by atoms with Crippen LogP contribution in [0, 0.1) is 12.8 Å². The van der Waals surface area contributed by atoms with Crippen LogP contribution < -0.4 is 5.73 Å². The number of thioether (sulfide) groups is 2. The summed E-state index contributed by atoms with van der Waals surface area (Å²) < 4.78 is 0. The lowest BCUT2D eigenvalue weighted by atomic mass is 9.86. The number of hydrogen-bond donors (Lipinski definition) is 1. The minimum Gasteiger partial charge on any atom is -0.330 e. The summed E-state index contributed by atoms with van der Waals surface area (Å²) in [5.41, 5.74) is 9.68. The van der Waals surface area contributed by atoms with Gasteiger partial charge in [-0.2, -0.15) is 11.8 Å². The Labute approximate surface area is 129 Å². The normalized spacial score (nSPS) is 30.1. The van der Waals surface area contributed by atoms with E-state index in [2.05, 4.69) is 25.6 Å². The average Bonchev–Trinajstić information content (AvgIpc) is 2.47. The smallest absolute Gasteiger partial charge is 0.142 e. The molecule has 20 heavy (non-hydrogen) atoms. The summed E-state index contributed by atoms with van der Waals surface area (Å²) in [6.45, 7) is 5.24. The molecule has 3 unspecified atom stereocenters. The van der Waals surface area contributed by atoms with Gasteiger partial charge in [-0.25, -0.2) is 9.97 Å². The summed E-state index contributed by atoms with van der Waals surface area (Å²) in [5.74, 6) is 4.16. The van der Waals surface area contributed by atoms with Crippen molar-refractivity contribution in [3.05, 3.63) is 22.8 Å². The van der Waals surface area contributed by atoms with E-state index in [1.165, 1.54) is 34.9 Å². The van der Waals surface area contributed by atoms with Gasteiger partial charge in [0.25, 0.3) is 0 Å². The zero-order valence-corrected chi connectivity index (χ0v) is 13.9. The molecule has 0 amide bonds. The first-order valence-electron chi connectivity index (χ1n) is 7.48. The molecule has 3 atom stereocenters. The van der Waals surface area contributed by atoms with Gasteiger partial charge >= 0.3 is 0 Å². The molecule has 1 saturated heterocycles. The van der Waals surface area contributed by atoms with Crippen LogP contribution >= 0.6 is 23.5 Å². The molecular weight excluding hydrogens is 286 g/mol. The highest BCUT2D eigenvalue weighted by atomic mass is 32.2. The molecule has 2 heterocycles. The lowest BCUT2D eigenvalue weighted by Crippen LogP contribution is -2.26. The Bertz CT molecular complexity index is 492. The second-order valence-corrected chi connectivity index (χ2v) is 8.54. The van der Waals surface area contributed by atoms with Crippen LogP contribution in [-0.4, -0.2) is 33.3 Å². The first-order chi connectivity index (χ1) is 9.69. The fraction of sp³-hybridized carbons (Fsp3) is 0.733. The molecule has 1 aromatic heterocycles. The monoisotopic (exact) mass is 309 g/mol. The molecule has 110 valence electrons. The van der Waals surface area contributed by atoms with E-state index in [4.69, 9.17) is 15.7 Å². The van der Waals surface area contributed by atoms with Crippen molar-refractivity contribution >= 4 is 23.5 Å². The minimum absolute atomic E-state index is 0.463. The van der Waals surface area contributed by atoms with Crippen LogP contribution in [0.15, 0.2) is 0 Å². The number of aromatic nitrogens is 2. The van der Waals surface area contributed by atoms with Crippen LogP contribution in [-0.2, 0) is 12.8 Å². The van der Waals surface area contributed by atoms with Crippen molar-refractivity contribution in [3.63, 3.8) is 0 Å². The Balaban J connectivity index is 1.90. The van der Waals surface area contributed by atoms with E-state index in [0.717, 1.165) is 25.2 Å². The van der Waals surface area contributed by atoms with Gasteiger partial charge < -0.3 is 5.73 Å². The van der Waals surface area contributed by atoms with Crippen LogP contribution in [0.2, 0.25) is 0 Å². The van der Waals surface area contributed by atoms with Crippen LogP contribution in [0.4, 0.5) is 0 Å². The van der Waals surface area contributed by atoms with Crippen molar-refractivity contribution in [2.24, 2.45) is 11.7 Å². The number of nitrogens with two attached hydrogens (primary N) is 1. The number of fused-ring (bicyclic) bond motifs is 1. The van der Waals surface area contributed by atoms with Crippen LogP contribution in [0.5, 0.6) is 0 Å². The van der Waals surface area contributed by atoms with Crippen molar-refractivity contribution in [2.75, 3.05) is 18.1 Å². The van der Waals surface area contributed by atoms with Crippen molar-refractivity contribution in [1.82, 2.24) is 9.97 Å². The summed E-state index contributed by atoms with van der Waals surface area (Å²) in [6.07, 6.45) is 3.33. The summed E-state index contributed by atoms with van der Waals surface area (Å²) >= 11 is 4.07. The molecule has 1 fully saturated rings. The Hall–Kier alpha value is -0.260. The molecule has 2 N–H and O–H groups in total. The minimum atomic E-state index is 0.463. The second kappa shape index (κ2) is 6.24. The van der Waals surface area contributed by atoms with Gasteiger partial charge in [-0.3, -0.25) is 0 Å². The molecule has 0 saturated carbocycles. The van der Waals surface area contributed by atoms with Crippen LogP contribution in [0.3, 0.4) is 0 Å². The molecule has 2 aliphatic rings. The molecule has 0 bridgehead atoms. The first-order valence-corrected chi connectivity index (χ1v) is 9.58.